The van der Waals surface area contributed by atoms with Gasteiger partial charge in [0.2, 0.25) is 0 Å². The van der Waals surface area contributed by atoms with Crippen LogP contribution in [0.4, 0.5) is 0 Å². The lowest BCUT2D eigenvalue weighted by molar-refractivity contribution is 0.289. The van der Waals surface area contributed by atoms with Gasteiger partial charge >= 0.3 is 0 Å². The summed E-state index contributed by atoms with van der Waals surface area (Å²) in [5, 5.41) is 0. The minimum atomic E-state index is 0.738. The number of allylic oxidation sites excluding steroid dienone is 2. The van der Waals surface area contributed by atoms with Gasteiger partial charge in [0.15, 0.2) is 0 Å². The van der Waals surface area contributed by atoms with Crippen molar-refractivity contribution in [3.63, 3.8) is 0 Å². The molecule has 0 bridgehead atoms. The third-order valence-corrected chi connectivity index (χ3v) is 5.10. The summed E-state index contributed by atoms with van der Waals surface area (Å²) in [6.45, 7) is 5.18. The third kappa shape index (κ3) is 7.82. The number of hydrogen-bond acceptors (Lipinski definition) is 1. The van der Waals surface area contributed by atoms with E-state index in [0.29, 0.717) is 0 Å². The second-order valence-corrected chi connectivity index (χ2v) is 7.28. The molecule has 136 valence electrons. The molecule has 0 heterocycles. The Morgan fingerprint density at radius 1 is 1.00 bits per heavy atom. The van der Waals surface area contributed by atoms with Crippen molar-refractivity contribution in [1.29, 1.82) is 0 Å². The van der Waals surface area contributed by atoms with Gasteiger partial charge in [-0.05, 0) is 74.3 Å². The maximum Gasteiger partial charge on any atom is 0.119 e. The maximum absolute atomic E-state index is 5.59. The molecular formula is C24H34O. The molecule has 0 radical (unpaired) electrons. The van der Waals surface area contributed by atoms with E-state index in [1.165, 1.54) is 51.4 Å². The fraction of sp³-hybridized carbons (Fsp3) is 0.583. The van der Waals surface area contributed by atoms with Crippen LogP contribution in [0.3, 0.4) is 0 Å². The average Bonchev–Trinajstić information content (AvgIpc) is 2.66. The molecule has 1 aliphatic rings. The van der Waals surface area contributed by atoms with Gasteiger partial charge in [0.05, 0.1) is 6.61 Å². The summed E-state index contributed by atoms with van der Waals surface area (Å²) >= 11 is 0. The van der Waals surface area contributed by atoms with E-state index in [0.717, 1.165) is 36.2 Å². The zero-order valence-corrected chi connectivity index (χ0v) is 16.1. The quantitative estimate of drug-likeness (QED) is 0.375. The summed E-state index contributed by atoms with van der Waals surface area (Å²) in [6.07, 6.45) is 16.5. The molecule has 0 aliphatic heterocycles. The van der Waals surface area contributed by atoms with Crippen LogP contribution in [-0.4, -0.2) is 6.61 Å². The Balaban J connectivity index is 1.70. The molecular weight excluding hydrogens is 304 g/mol. The lowest BCUT2D eigenvalue weighted by Gasteiger charge is -2.26. The number of hydrogen-bond donors (Lipinski definition) is 0. The first-order valence-electron chi connectivity index (χ1n) is 10.2. The lowest BCUT2D eigenvalue weighted by atomic mass is 9.79. The SMILES string of the molecule is CCCCCC1CCC(C=CC#Cc2ccc(OCCC)cc2)CC1. The zero-order valence-electron chi connectivity index (χ0n) is 16.1. The van der Waals surface area contributed by atoms with Gasteiger partial charge < -0.3 is 4.74 Å². The largest absolute Gasteiger partial charge is 0.494 e. The zero-order chi connectivity index (χ0) is 17.7. The minimum Gasteiger partial charge on any atom is -0.494 e. The first-order valence-corrected chi connectivity index (χ1v) is 10.2. The van der Waals surface area contributed by atoms with Gasteiger partial charge in [-0.1, -0.05) is 57.4 Å². The molecule has 0 N–H and O–H groups in total. The Morgan fingerprint density at radius 2 is 1.76 bits per heavy atom. The highest BCUT2D eigenvalue weighted by Crippen LogP contribution is 2.32. The molecule has 0 spiro atoms. The number of unbranched alkanes of at least 4 members (excludes halogenated alkanes) is 2. The smallest absolute Gasteiger partial charge is 0.119 e. The predicted molar refractivity (Wildman–Crippen MR) is 108 cm³/mol. The summed E-state index contributed by atoms with van der Waals surface area (Å²) < 4.78 is 5.59. The Hall–Kier alpha value is -1.68. The van der Waals surface area contributed by atoms with Crippen LogP contribution in [0.2, 0.25) is 0 Å². The van der Waals surface area contributed by atoms with E-state index in [1.54, 1.807) is 0 Å². The molecule has 0 amide bonds. The molecule has 1 aromatic carbocycles. The molecule has 1 fully saturated rings. The molecule has 25 heavy (non-hydrogen) atoms. The monoisotopic (exact) mass is 338 g/mol. The van der Waals surface area contributed by atoms with Gasteiger partial charge in [-0.25, -0.2) is 0 Å². The van der Waals surface area contributed by atoms with Crippen molar-refractivity contribution in [2.45, 2.75) is 71.6 Å². The molecule has 0 atom stereocenters. The van der Waals surface area contributed by atoms with Crippen LogP contribution >= 0.6 is 0 Å². The van der Waals surface area contributed by atoms with Crippen LogP contribution in [-0.2, 0) is 0 Å². The fourth-order valence-corrected chi connectivity index (χ4v) is 3.52. The van der Waals surface area contributed by atoms with Crippen molar-refractivity contribution < 1.29 is 4.74 Å². The van der Waals surface area contributed by atoms with E-state index in [4.69, 9.17) is 4.74 Å². The summed E-state index contributed by atoms with van der Waals surface area (Å²) in [6, 6.07) is 8.08. The molecule has 0 saturated heterocycles. The Bertz CT molecular complexity index is 550. The van der Waals surface area contributed by atoms with Crippen molar-refractivity contribution in [2.24, 2.45) is 11.8 Å². The van der Waals surface area contributed by atoms with E-state index in [-0.39, 0.29) is 0 Å². The second-order valence-electron chi connectivity index (χ2n) is 7.28. The van der Waals surface area contributed by atoms with Crippen LogP contribution in [0, 0.1) is 23.7 Å². The van der Waals surface area contributed by atoms with E-state index in [9.17, 15) is 0 Å². The van der Waals surface area contributed by atoms with E-state index >= 15 is 0 Å². The standard InChI is InChI=1S/C24H34O/c1-3-5-6-9-21-12-14-22(15-13-21)10-7-8-11-23-16-18-24(19-17-23)25-20-4-2/h7,10,16-19,21-22H,3-6,9,12-15,20H2,1-2H3. The highest BCUT2D eigenvalue weighted by Gasteiger charge is 2.18. The molecule has 1 aromatic rings. The maximum atomic E-state index is 5.59. The molecule has 2 rings (SSSR count). The van der Waals surface area contributed by atoms with Gasteiger partial charge in [0, 0.05) is 5.56 Å². The van der Waals surface area contributed by atoms with Gasteiger partial charge in [0.25, 0.3) is 0 Å². The van der Waals surface area contributed by atoms with E-state index in [1.807, 2.05) is 24.3 Å². The van der Waals surface area contributed by atoms with Crippen molar-refractivity contribution in [3.8, 4) is 17.6 Å². The highest BCUT2D eigenvalue weighted by molar-refractivity contribution is 5.40. The molecule has 1 saturated carbocycles. The first-order chi connectivity index (χ1) is 12.3. The first kappa shape index (κ1) is 19.6. The number of benzene rings is 1. The average molecular weight is 339 g/mol. The van der Waals surface area contributed by atoms with Gasteiger partial charge in [-0.2, -0.15) is 0 Å². The predicted octanol–water partition coefficient (Wildman–Crippen LogP) is 6.77. The van der Waals surface area contributed by atoms with Crippen molar-refractivity contribution >= 4 is 0 Å². The summed E-state index contributed by atoms with van der Waals surface area (Å²) in [7, 11) is 0. The van der Waals surface area contributed by atoms with Gasteiger partial charge in [-0.3, -0.25) is 0 Å². The van der Waals surface area contributed by atoms with Crippen LogP contribution in [0.5, 0.6) is 5.75 Å². The second kappa shape index (κ2) is 11.8. The van der Waals surface area contributed by atoms with Crippen molar-refractivity contribution in [3.05, 3.63) is 42.0 Å². The van der Waals surface area contributed by atoms with E-state index in [2.05, 4.69) is 37.8 Å². The summed E-state index contributed by atoms with van der Waals surface area (Å²) in [4.78, 5) is 0. The Kier molecular flexibility index (Phi) is 9.27. The minimum absolute atomic E-state index is 0.738. The van der Waals surface area contributed by atoms with Crippen LogP contribution in [0.15, 0.2) is 36.4 Å². The van der Waals surface area contributed by atoms with Crippen LogP contribution in [0.25, 0.3) is 0 Å². The van der Waals surface area contributed by atoms with Crippen LogP contribution in [0.1, 0.15) is 77.2 Å². The lowest BCUT2D eigenvalue weighted by Crippen LogP contribution is -2.12. The third-order valence-electron chi connectivity index (χ3n) is 5.10. The van der Waals surface area contributed by atoms with Crippen LogP contribution < -0.4 is 4.74 Å². The summed E-state index contributed by atoms with van der Waals surface area (Å²) in [5.41, 5.74) is 1.05. The number of ether oxygens (including phenoxy) is 1. The molecule has 1 heteroatoms. The molecule has 1 aliphatic carbocycles. The van der Waals surface area contributed by atoms with Crippen molar-refractivity contribution in [1.82, 2.24) is 0 Å². The fourth-order valence-electron chi connectivity index (χ4n) is 3.52. The highest BCUT2D eigenvalue weighted by atomic mass is 16.5. The number of rotatable bonds is 8. The van der Waals surface area contributed by atoms with Gasteiger partial charge in [0.1, 0.15) is 5.75 Å². The Morgan fingerprint density at radius 3 is 2.44 bits per heavy atom. The Labute approximate surface area is 154 Å². The summed E-state index contributed by atoms with van der Waals surface area (Å²) in [5.74, 6) is 9.06. The molecule has 0 aromatic heterocycles. The van der Waals surface area contributed by atoms with Gasteiger partial charge in [-0.15, -0.1) is 0 Å². The van der Waals surface area contributed by atoms with E-state index < -0.39 is 0 Å². The topological polar surface area (TPSA) is 9.23 Å². The molecule has 0 unspecified atom stereocenters. The normalized spacial score (nSPS) is 20.2. The molecule has 1 nitrogen and oxygen atoms in total. The van der Waals surface area contributed by atoms with Crippen molar-refractivity contribution in [2.75, 3.05) is 6.61 Å².